The molecule has 146 valence electrons. The van der Waals surface area contributed by atoms with Gasteiger partial charge in [0.05, 0.1) is 18.9 Å². The monoisotopic (exact) mass is 390 g/mol. The quantitative estimate of drug-likeness (QED) is 0.408. The van der Waals surface area contributed by atoms with Crippen molar-refractivity contribution in [2.24, 2.45) is 0 Å². The van der Waals surface area contributed by atoms with Crippen LogP contribution in [0.1, 0.15) is 22.9 Å². The van der Waals surface area contributed by atoms with Crippen molar-refractivity contribution in [3.63, 3.8) is 0 Å². The lowest BCUT2D eigenvalue weighted by atomic mass is 9.99. The zero-order chi connectivity index (χ0) is 20.4. The van der Waals surface area contributed by atoms with Crippen molar-refractivity contribution in [3.8, 4) is 5.75 Å². The molecular formula is C22H18N2O5. The maximum atomic E-state index is 12.9. The van der Waals surface area contributed by atoms with E-state index in [1.54, 1.807) is 54.9 Å². The number of aromatic nitrogens is 1. The third-order valence-corrected chi connectivity index (χ3v) is 4.77. The number of furan rings is 1. The lowest BCUT2D eigenvalue weighted by Crippen LogP contribution is -2.29. The van der Waals surface area contributed by atoms with Crippen molar-refractivity contribution in [2.45, 2.75) is 12.6 Å². The van der Waals surface area contributed by atoms with Gasteiger partial charge in [0.25, 0.3) is 11.7 Å². The number of aliphatic hydroxyl groups excluding tert-OH is 1. The van der Waals surface area contributed by atoms with Crippen LogP contribution in [0.25, 0.3) is 5.76 Å². The minimum atomic E-state index is -0.851. The van der Waals surface area contributed by atoms with E-state index in [9.17, 15) is 14.7 Å². The van der Waals surface area contributed by atoms with Crippen LogP contribution in [0, 0.1) is 0 Å². The summed E-state index contributed by atoms with van der Waals surface area (Å²) < 4.78 is 10.7. The van der Waals surface area contributed by atoms with Gasteiger partial charge in [-0.3, -0.25) is 14.6 Å². The number of pyridine rings is 1. The Morgan fingerprint density at radius 2 is 2.07 bits per heavy atom. The molecule has 1 N–H and O–H groups in total. The molecule has 0 spiro atoms. The average Bonchev–Trinajstić information content (AvgIpc) is 3.37. The van der Waals surface area contributed by atoms with Crippen LogP contribution in [-0.4, -0.2) is 33.8 Å². The van der Waals surface area contributed by atoms with Crippen LogP contribution in [0.5, 0.6) is 5.75 Å². The van der Waals surface area contributed by atoms with E-state index in [4.69, 9.17) is 9.15 Å². The largest absolute Gasteiger partial charge is 0.507 e. The highest BCUT2D eigenvalue weighted by Crippen LogP contribution is 2.40. The number of Topliss-reactive ketones (excluding diaryl/α,β-unsaturated/α-hetero) is 1. The number of benzene rings is 1. The first kappa shape index (κ1) is 18.5. The molecule has 0 aliphatic carbocycles. The highest BCUT2D eigenvalue weighted by Gasteiger charge is 2.47. The molecule has 1 amide bonds. The maximum Gasteiger partial charge on any atom is 0.296 e. The molecule has 1 aromatic carbocycles. The minimum Gasteiger partial charge on any atom is -0.507 e. The van der Waals surface area contributed by atoms with Crippen LogP contribution in [-0.2, 0) is 16.1 Å². The number of likely N-dealkylation sites (tertiary alicyclic amines) is 1. The van der Waals surface area contributed by atoms with Crippen molar-refractivity contribution < 1.29 is 23.8 Å². The Kier molecular flexibility index (Phi) is 4.87. The van der Waals surface area contributed by atoms with Crippen LogP contribution in [0.4, 0.5) is 0 Å². The predicted molar refractivity (Wildman–Crippen MR) is 104 cm³/mol. The summed E-state index contributed by atoms with van der Waals surface area (Å²) in [5, 5.41) is 11.0. The van der Waals surface area contributed by atoms with Gasteiger partial charge in [0, 0.05) is 24.5 Å². The molecule has 0 bridgehead atoms. The number of carbonyl (C=O) groups excluding carboxylic acids is 2. The topological polar surface area (TPSA) is 92.9 Å². The van der Waals surface area contributed by atoms with E-state index in [1.807, 2.05) is 6.07 Å². The molecule has 29 heavy (non-hydrogen) atoms. The molecule has 1 aliphatic rings. The van der Waals surface area contributed by atoms with E-state index in [0.29, 0.717) is 17.1 Å². The summed E-state index contributed by atoms with van der Waals surface area (Å²) in [6, 6.07) is 12.7. The first-order valence-corrected chi connectivity index (χ1v) is 8.95. The van der Waals surface area contributed by atoms with E-state index >= 15 is 0 Å². The third-order valence-electron chi connectivity index (χ3n) is 4.77. The first-order valence-electron chi connectivity index (χ1n) is 8.95. The zero-order valence-electron chi connectivity index (χ0n) is 15.6. The van der Waals surface area contributed by atoms with Gasteiger partial charge in [-0.05, 0) is 35.9 Å². The number of carbonyl (C=O) groups is 2. The van der Waals surface area contributed by atoms with Crippen LogP contribution in [0.15, 0.2) is 77.2 Å². The normalized spacial score (nSPS) is 18.2. The van der Waals surface area contributed by atoms with Gasteiger partial charge in [0.1, 0.15) is 23.3 Å². The van der Waals surface area contributed by atoms with Gasteiger partial charge in [0.15, 0.2) is 0 Å². The Balaban J connectivity index is 1.83. The number of hydrogen-bond donors (Lipinski definition) is 1. The number of aliphatic hydroxyl groups is 1. The van der Waals surface area contributed by atoms with Gasteiger partial charge in [-0.15, -0.1) is 0 Å². The van der Waals surface area contributed by atoms with Crippen molar-refractivity contribution in [2.75, 3.05) is 7.11 Å². The number of rotatable bonds is 5. The zero-order valence-corrected chi connectivity index (χ0v) is 15.6. The number of ketones is 1. The standard InChI is InChI=1S/C22H18N2O5/c1-28-16-7-2-6-15(11-16)20(25)18-19(17-8-4-10-29-17)24(22(27)21(18)26)13-14-5-3-9-23-12-14/h2-12,19,25H,13H2,1H3/t19-/m0/s1. The fourth-order valence-electron chi connectivity index (χ4n) is 3.40. The van der Waals surface area contributed by atoms with E-state index in [1.165, 1.54) is 18.3 Å². The smallest absolute Gasteiger partial charge is 0.296 e. The SMILES string of the molecule is COc1cccc(C(O)=C2C(=O)C(=O)N(Cc3cccnc3)[C@H]2c2ccco2)c1. The van der Waals surface area contributed by atoms with Gasteiger partial charge in [-0.1, -0.05) is 18.2 Å². The molecule has 3 aromatic rings. The number of nitrogens with zero attached hydrogens (tertiary/aromatic N) is 2. The molecule has 0 radical (unpaired) electrons. The molecule has 0 saturated carbocycles. The van der Waals surface area contributed by atoms with Gasteiger partial charge >= 0.3 is 0 Å². The van der Waals surface area contributed by atoms with E-state index in [2.05, 4.69) is 4.98 Å². The Morgan fingerprint density at radius 1 is 1.21 bits per heavy atom. The predicted octanol–water partition coefficient (Wildman–Crippen LogP) is 3.31. The fourth-order valence-corrected chi connectivity index (χ4v) is 3.40. The summed E-state index contributed by atoms with van der Waals surface area (Å²) in [7, 11) is 1.51. The minimum absolute atomic E-state index is 0.0258. The Labute approximate surface area is 166 Å². The summed E-state index contributed by atoms with van der Waals surface area (Å²) in [6.07, 6.45) is 4.72. The second-order valence-corrected chi connectivity index (χ2v) is 6.54. The Morgan fingerprint density at radius 3 is 2.76 bits per heavy atom. The Hall–Kier alpha value is -3.87. The summed E-state index contributed by atoms with van der Waals surface area (Å²) in [5.41, 5.74) is 1.11. The fraction of sp³-hybridized carbons (Fsp3) is 0.136. The summed E-state index contributed by atoms with van der Waals surface area (Å²) >= 11 is 0. The van der Waals surface area contributed by atoms with Crippen molar-refractivity contribution in [1.29, 1.82) is 0 Å². The van der Waals surface area contributed by atoms with Crippen molar-refractivity contribution in [3.05, 3.63) is 89.6 Å². The highest BCUT2D eigenvalue weighted by atomic mass is 16.5. The maximum absolute atomic E-state index is 12.9. The molecule has 4 rings (SSSR count). The summed E-state index contributed by atoms with van der Waals surface area (Å²) in [6.45, 7) is 0.151. The van der Waals surface area contributed by atoms with Gasteiger partial charge < -0.3 is 19.2 Å². The second-order valence-electron chi connectivity index (χ2n) is 6.54. The van der Waals surface area contributed by atoms with Crippen LogP contribution in [0.3, 0.4) is 0 Å². The third kappa shape index (κ3) is 3.38. The molecule has 1 atom stereocenters. The average molecular weight is 390 g/mol. The van der Waals surface area contributed by atoms with E-state index < -0.39 is 17.7 Å². The summed E-state index contributed by atoms with van der Waals surface area (Å²) in [5.74, 6) is -0.849. The number of hydrogen-bond acceptors (Lipinski definition) is 6. The van der Waals surface area contributed by atoms with E-state index in [0.717, 1.165) is 5.56 Å². The molecule has 1 saturated heterocycles. The molecular weight excluding hydrogens is 372 g/mol. The molecule has 2 aromatic heterocycles. The van der Waals surface area contributed by atoms with Crippen LogP contribution < -0.4 is 4.74 Å². The molecule has 1 aliphatic heterocycles. The van der Waals surface area contributed by atoms with Crippen molar-refractivity contribution in [1.82, 2.24) is 9.88 Å². The van der Waals surface area contributed by atoms with Crippen molar-refractivity contribution >= 4 is 17.4 Å². The second kappa shape index (κ2) is 7.63. The molecule has 3 heterocycles. The molecule has 7 nitrogen and oxygen atoms in total. The Bertz CT molecular complexity index is 1070. The highest BCUT2D eigenvalue weighted by molar-refractivity contribution is 6.46. The summed E-state index contributed by atoms with van der Waals surface area (Å²) in [4.78, 5) is 31.1. The van der Waals surface area contributed by atoms with Gasteiger partial charge in [-0.2, -0.15) is 0 Å². The molecule has 0 unspecified atom stereocenters. The van der Waals surface area contributed by atoms with Crippen LogP contribution >= 0.6 is 0 Å². The van der Waals surface area contributed by atoms with Gasteiger partial charge in [-0.25, -0.2) is 0 Å². The lowest BCUT2D eigenvalue weighted by molar-refractivity contribution is -0.140. The lowest BCUT2D eigenvalue weighted by Gasteiger charge is -2.23. The molecule has 7 heteroatoms. The van der Waals surface area contributed by atoms with E-state index in [-0.39, 0.29) is 17.9 Å². The number of amides is 1. The number of methoxy groups -OCH3 is 1. The van der Waals surface area contributed by atoms with Crippen LogP contribution in [0.2, 0.25) is 0 Å². The first-order chi connectivity index (χ1) is 14.1. The number of ether oxygens (including phenoxy) is 1. The molecule has 1 fully saturated rings. The van der Waals surface area contributed by atoms with Gasteiger partial charge in [0.2, 0.25) is 0 Å².